The van der Waals surface area contributed by atoms with Crippen LogP contribution in [0.4, 0.5) is 18.9 Å². The van der Waals surface area contributed by atoms with E-state index in [0.29, 0.717) is 12.1 Å². The Morgan fingerprint density at radius 1 is 1.15 bits per heavy atom. The highest BCUT2D eigenvalue weighted by Crippen LogP contribution is 2.47. The molecule has 0 radical (unpaired) electrons. The van der Waals surface area contributed by atoms with E-state index < -0.39 is 23.7 Å². The van der Waals surface area contributed by atoms with Gasteiger partial charge >= 0.3 is 12.1 Å². The number of aryl methyl sites for hydroxylation is 1. The number of aromatic nitrogens is 1. The molecule has 0 aliphatic heterocycles. The van der Waals surface area contributed by atoms with Crippen molar-refractivity contribution in [3.63, 3.8) is 0 Å². The summed E-state index contributed by atoms with van der Waals surface area (Å²) in [7, 11) is 0. The smallest absolute Gasteiger partial charge is 0.433 e. The minimum absolute atomic E-state index is 0.0152. The highest BCUT2D eigenvalue weighted by atomic mass is 19.4. The van der Waals surface area contributed by atoms with Crippen molar-refractivity contribution >= 4 is 17.6 Å². The molecule has 5 nitrogen and oxygen atoms in total. The van der Waals surface area contributed by atoms with Gasteiger partial charge in [-0.15, -0.1) is 0 Å². The Labute approximate surface area is 146 Å². The Kier molecular flexibility index (Phi) is 4.43. The second-order valence-corrected chi connectivity index (χ2v) is 6.19. The molecule has 0 spiro atoms. The van der Waals surface area contributed by atoms with E-state index in [1.165, 1.54) is 6.92 Å². The van der Waals surface area contributed by atoms with Gasteiger partial charge in [-0.3, -0.25) is 9.59 Å². The summed E-state index contributed by atoms with van der Waals surface area (Å²) >= 11 is 0. The molecule has 1 amide bonds. The zero-order valence-corrected chi connectivity index (χ0v) is 13.7. The number of nitrogens with zero attached hydrogens (tertiary/aromatic N) is 1. The molecule has 3 rings (SSSR count). The van der Waals surface area contributed by atoms with Crippen LogP contribution in [0.1, 0.15) is 39.6 Å². The van der Waals surface area contributed by atoms with Crippen molar-refractivity contribution in [1.29, 1.82) is 0 Å². The molecule has 136 valence electrons. The number of benzene rings is 1. The van der Waals surface area contributed by atoms with E-state index in [1.54, 1.807) is 24.3 Å². The van der Waals surface area contributed by atoms with Gasteiger partial charge in [0.25, 0.3) is 5.91 Å². The van der Waals surface area contributed by atoms with Crippen LogP contribution in [0.5, 0.6) is 0 Å². The van der Waals surface area contributed by atoms with Gasteiger partial charge in [0.05, 0.1) is 17.2 Å². The summed E-state index contributed by atoms with van der Waals surface area (Å²) in [5.41, 5.74) is 0.327. The van der Waals surface area contributed by atoms with Crippen molar-refractivity contribution in [2.75, 3.05) is 5.32 Å². The third kappa shape index (κ3) is 3.68. The summed E-state index contributed by atoms with van der Waals surface area (Å²) in [6, 6.07) is 8.61. The maximum Gasteiger partial charge on any atom is 0.433 e. The SMILES string of the molecule is Cc1nc(C(F)(F)F)ccc1C(=O)Nc1ccc([C@@H]2C[C@H]2C(=O)O)cc1. The number of hydrogen-bond acceptors (Lipinski definition) is 3. The highest BCUT2D eigenvalue weighted by Gasteiger charge is 2.44. The minimum atomic E-state index is -4.56. The van der Waals surface area contributed by atoms with Gasteiger partial charge in [-0.2, -0.15) is 13.2 Å². The topological polar surface area (TPSA) is 79.3 Å². The molecule has 1 aliphatic rings. The number of rotatable bonds is 4. The van der Waals surface area contributed by atoms with Crippen LogP contribution < -0.4 is 5.32 Å². The minimum Gasteiger partial charge on any atom is -0.481 e. The number of nitrogens with one attached hydrogen (secondary N) is 1. The molecule has 2 atom stereocenters. The number of carboxylic acid groups (broad SMARTS) is 1. The number of alkyl halides is 3. The summed E-state index contributed by atoms with van der Waals surface area (Å²) in [4.78, 5) is 26.6. The highest BCUT2D eigenvalue weighted by molar-refractivity contribution is 6.05. The quantitative estimate of drug-likeness (QED) is 0.864. The van der Waals surface area contributed by atoms with Crippen LogP contribution in [-0.4, -0.2) is 22.0 Å². The van der Waals surface area contributed by atoms with Crippen molar-refractivity contribution in [3.05, 3.63) is 58.9 Å². The van der Waals surface area contributed by atoms with Gasteiger partial charge in [-0.05, 0) is 49.1 Å². The van der Waals surface area contributed by atoms with Crippen molar-refractivity contribution in [3.8, 4) is 0 Å². The van der Waals surface area contributed by atoms with Gasteiger partial charge in [0.15, 0.2) is 0 Å². The monoisotopic (exact) mass is 364 g/mol. The Balaban J connectivity index is 1.69. The predicted octanol–water partition coefficient (Wildman–Crippen LogP) is 3.85. The normalized spacial score (nSPS) is 19.1. The molecule has 26 heavy (non-hydrogen) atoms. The fraction of sp³-hybridized carbons (Fsp3) is 0.278. The first-order valence-corrected chi connectivity index (χ1v) is 7.86. The summed E-state index contributed by atoms with van der Waals surface area (Å²) < 4.78 is 37.9. The van der Waals surface area contributed by atoms with E-state index >= 15 is 0 Å². The van der Waals surface area contributed by atoms with E-state index in [0.717, 1.165) is 17.7 Å². The molecule has 1 saturated carbocycles. The molecule has 1 heterocycles. The first-order chi connectivity index (χ1) is 12.2. The third-order valence-electron chi connectivity index (χ3n) is 4.33. The number of carbonyl (C=O) groups is 2. The maximum atomic E-state index is 12.6. The van der Waals surface area contributed by atoms with Crippen molar-refractivity contribution in [2.24, 2.45) is 5.92 Å². The zero-order valence-electron chi connectivity index (χ0n) is 13.7. The summed E-state index contributed by atoms with van der Waals surface area (Å²) in [5.74, 6) is -1.76. The molecule has 2 N–H and O–H groups in total. The molecule has 1 aliphatic carbocycles. The van der Waals surface area contributed by atoms with E-state index in [4.69, 9.17) is 5.11 Å². The van der Waals surface area contributed by atoms with Crippen molar-refractivity contribution in [2.45, 2.75) is 25.4 Å². The lowest BCUT2D eigenvalue weighted by molar-refractivity contribution is -0.141. The number of carboxylic acids is 1. The molecule has 8 heteroatoms. The zero-order chi connectivity index (χ0) is 19.1. The van der Waals surface area contributed by atoms with Crippen LogP contribution >= 0.6 is 0 Å². The Bertz CT molecular complexity index is 863. The van der Waals surface area contributed by atoms with Crippen molar-refractivity contribution < 1.29 is 27.9 Å². The largest absolute Gasteiger partial charge is 0.481 e. The fourth-order valence-corrected chi connectivity index (χ4v) is 2.81. The van der Waals surface area contributed by atoms with Gasteiger partial charge in [-0.25, -0.2) is 4.98 Å². The average Bonchev–Trinajstić information content (AvgIpc) is 3.35. The third-order valence-corrected chi connectivity index (χ3v) is 4.33. The lowest BCUT2D eigenvalue weighted by Gasteiger charge is -2.11. The molecule has 1 aromatic heterocycles. The molecular formula is C18H15F3N2O3. The van der Waals surface area contributed by atoms with Gasteiger partial charge < -0.3 is 10.4 Å². The summed E-state index contributed by atoms with van der Waals surface area (Å²) in [5, 5.41) is 11.5. The van der Waals surface area contributed by atoms with Crippen LogP contribution in [0.15, 0.2) is 36.4 Å². The first-order valence-electron chi connectivity index (χ1n) is 7.86. The number of pyridine rings is 1. The molecule has 1 fully saturated rings. The number of anilines is 1. The molecule has 2 aromatic rings. The number of aliphatic carboxylic acids is 1. The second-order valence-electron chi connectivity index (χ2n) is 6.19. The van der Waals surface area contributed by atoms with Crippen LogP contribution in [0.25, 0.3) is 0 Å². The van der Waals surface area contributed by atoms with E-state index in [9.17, 15) is 22.8 Å². The summed E-state index contributed by atoms with van der Waals surface area (Å²) in [6.45, 7) is 1.34. The van der Waals surface area contributed by atoms with Crippen molar-refractivity contribution in [1.82, 2.24) is 4.98 Å². The maximum absolute atomic E-state index is 12.6. The first kappa shape index (κ1) is 17.9. The Morgan fingerprint density at radius 3 is 2.31 bits per heavy atom. The van der Waals surface area contributed by atoms with E-state index in [-0.39, 0.29) is 23.1 Å². The number of halogens is 3. The second kappa shape index (κ2) is 6.44. The average molecular weight is 364 g/mol. The molecule has 1 aromatic carbocycles. The number of carbonyl (C=O) groups excluding carboxylic acids is 1. The van der Waals surface area contributed by atoms with Gasteiger partial charge in [-0.1, -0.05) is 12.1 Å². The molecule has 0 unspecified atom stereocenters. The van der Waals surface area contributed by atoms with Crippen LogP contribution in [0, 0.1) is 12.8 Å². The van der Waals surface area contributed by atoms with Crippen LogP contribution in [0.3, 0.4) is 0 Å². The standard InChI is InChI=1S/C18H15F3N2O3/c1-9-12(6-7-15(22-9)18(19,20)21)16(24)23-11-4-2-10(3-5-11)13-8-14(13)17(25)26/h2-7,13-14H,8H2,1H3,(H,23,24)(H,25,26)/t13-,14+/m0/s1. The Hall–Kier alpha value is -2.90. The number of amides is 1. The van der Waals surface area contributed by atoms with Gasteiger partial charge in [0.2, 0.25) is 0 Å². The van der Waals surface area contributed by atoms with E-state index in [1.807, 2.05) is 0 Å². The van der Waals surface area contributed by atoms with E-state index in [2.05, 4.69) is 10.3 Å². The van der Waals surface area contributed by atoms with Crippen LogP contribution in [-0.2, 0) is 11.0 Å². The molecule has 0 saturated heterocycles. The molecular weight excluding hydrogens is 349 g/mol. The molecule has 0 bridgehead atoms. The van der Waals surface area contributed by atoms with Crippen LogP contribution in [0.2, 0.25) is 0 Å². The fourth-order valence-electron chi connectivity index (χ4n) is 2.81. The van der Waals surface area contributed by atoms with Gasteiger partial charge in [0, 0.05) is 5.69 Å². The lowest BCUT2D eigenvalue weighted by atomic mass is 10.1. The summed E-state index contributed by atoms with van der Waals surface area (Å²) in [6.07, 6.45) is -3.97. The predicted molar refractivity (Wildman–Crippen MR) is 86.9 cm³/mol. The van der Waals surface area contributed by atoms with Gasteiger partial charge in [0.1, 0.15) is 5.69 Å². The lowest BCUT2D eigenvalue weighted by Crippen LogP contribution is -2.16. The Morgan fingerprint density at radius 2 is 1.81 bits per heavy atom. The number of hydrogen-bond donors (Lipinski definition) is 2.